The third kappa shape index (κ3) is 4.99. The van der Waals surface area contributed by atoms with Crippen LogP contribution in [-0.4, -0.2) is 67.7 Å². The molecule has 0 spiro atoms. The van der Waals surface area contributed by atoms with E-state index in [0.29, 0.717) is 35.8 Å². The van der Waals surface area contributed by atoms with Gasteiger partial charge in [-0.15, -0.1) is 11.3 Å². The monoisotopic (exact) mass is 458 g/mol. The van der Waals surface area contributed by atoms with Gasteiger partial charge in [0.15, 0.2) is 0 Å². The minimum Gasteiger partial charge on any atom is -0.340 e. The lowest BCUT2D eigenvalue weighted by Gasteiger charge is -2.38. The normalized spacial score (nSPS) is 21.0. The highest BCUT2D eigenvalue weighted by Crippen LogP contribution is 2.27. The van der Waals surface area contributed by atoms with Crippen molar-refractivity contribution in [1.82, 2.24) is 14.1 Å². The first kappa shape index (κ1) is 22.0. The predicted molar refractivity (Wildman–Crippen MR) is 119 cm³/mol. The Morgan fingerprint density at radius 1 is 1.10 bits per heavy atom. The van der Waals surface area contributed by atoms with Gasteiger partial charge < -0.3 is 4.90 Å². The first-order valence-corrected chi connectivity index (χ1v) is 12.8. The Bertz CT molecular complexity index is 1040. The molecule has 1 unspecified atom stereocenters. The predicted octanol–water partition coefficient (Wildman–Crippen LogP) is 2.36. The summed E-state index contributed by atoms with van der Waals surface area (Å²) in [6.45, 7) is 4.43. The molecule has 164 valence electrons. The van der Waals surface area contributed by atoms with Gasteiger partial charge in [0.1, 0.15) is 4.21 Å². The maximum absolute atomic E-state index is 13.1. The summed E-state index contributed by atoms with van der Waals surface area (Å²) in [7, 11) is -3.51. The average molecular weight is 459 g/mol. The molecule has 2 aliphatic heterocycles. The number of thiophene rings is 1. The van der Waals surface area contributed by atoms with E-state index in [9.17, 15) is 13.2 Å². The summed E-state index contributed by atoms with van der Waals surface area (Å²) in [6.07, 6.45) is 1.44. The van der Waals surface area contributed by atoms with Crippen LogP contribution in [0.3, 0.4) is 0 Å². The van der Waals surface area contributed by atoms with E-state index in [1.807, 2.05) is 29.2 Å². The van der Waals surface area contributed by atoms with Crippen molar-refractivity contribution in [2.45, 2.75) is 23.6 Å². The highest BCUT2D eigenvalue weighted by atomic mass is 32.2. The summed E-state index contributed by atoms with van der Waals surface area (Å²) in [5, 5.41) is 10.7. The van der Waals surface area contributed by atoms with Gasteiger partial charge in [-0.05, 0) is 42.0 Å². The molecule has 2 fully saturated rings. The molecule has 2 aliphatic rings. The molecule has 2 saturated heterocycles. The summed E-state index contributed by atoms with van der Waals surface area (Å²) in [5.74, 6) is -0.197. The number of piperidine rings is 1. The molecule has 1 amide bonds. The van der Waals surface area contributed by atoms with Crippen LogP contribution in [0.5, 0.6) is 0 Å². The van der Waals surface area contributed by atoms with Crippen LogP contribution in [0.25, 0.3) is 0 Å². The molecule has 4 rings (SSSR count). The van der Waals surface area contributed by atoms with Crippen LogP contribution in [0.15, 0.2) is 46.0 Å². The number of nitrogens with zero attached hydrogens (tertiary/aromatic N) is 4. The zero-order chi connectivity index (χ0) is 21.8. The van der Waals surface area contributed by atoms with E-state index >= 15 is 0 Å². The Labute approximate surface area is 187 Å². The summed E-state index contributed by atoms with van der Waals surface area (Å²) in [4.78, 5) is 17.3. The summed E-state index contributed by atoms with van der Waals surface area (Å²) in [5.41, 5.74) is 1.81. The Balaban J connectivity index is 1.31. The molecule has 1 aromatic carbocycles. The summed E-state index contributed by atoms with van der Waals surface area (Å²) >= 11 is 1.22. The molecule has 31 heavy (non-hydrogen) atoms. The maximum atomic E-state index is 13.1. The SMILES string of the molecule is N#Cc1ccc(CN2CCN(C(=O)C3CCCN(S(=O)(=O)c4cccs4)C3)CC2)cc1. The van der Waals surface area contributed by atoms with Crippen molar-refractivity contribution in [3.05, 3.63) is 52.9 Å². The van der Waals surface area contributed by atoms with Gasteiger partial charge in [0.05, 0.1) is 17.6 Å². The van der Waals surface area contributed by atoms with E-state index in [0.717, 1.165) is 31.6 Å². The Kier molecular flexibility index (Phi) is 6.72. The number of hydrogen-bond donors (Lipinski definition) is 0. The lowest BCUT2D eigenvalue weighted by atomic mass is 9.97. The molecule has 2 aromatic rings. The van der Waals surface area contributed by atoms with Crippen molar-refractivity contribution in [3.8, 4) is 6.07 Å². The number of nitriles is 1. The van der Waals surface area contributed by atoms with E-state index in [2.05, 4.69) is 11.0 Å². The van der Waals surface area contributed by atoms with Crippen LogP contribution in [0.2, 0.25) is 0 Å². The standard InChI is InChI=1S/C22H26N4O3S2/c23-15-18-5-7-19(8-6-18)16-24-10-12-25(13-11-24)22(27)20-3-1-9-26(17-20)31(28,29)21-4-2-14-30-21/h2,4-8,14,20H,1,3,9-13,16-17H2. The summed E-state index contributed by atoms with van der Waals surface area (Å²) in [6, 6.07) is 13.1. The van der Waals surface area contributed by atoms with Crippen molar-refractivity contribution in [3.63, 3.8) is 0 Å². The fourth-order valence-corrected chi connectivity index (χ4v) is 6.90. The Morgan fingerprint density at radius 2 is 1.84 bits per heavy atom. The smallest absolute Gasteiger partial charge is 0.252 e. The third-order valence-corrected chi connectivity index (χ3v) is 9.23. The molecule has 0 N–H and O–H groups in total. The quantitative estimate of drug-likeness (QED) is 0.687. The second kappa shape index (κ2) is 9.49. The van der Waals surface area contributed by atoms with Gasteiger partial charge in [-0.1, -0.05) is 18.2 Å². The minimum atomic E-state index is -3.51. The highest BCUT2D eigenvalue weighted by molar-refractivity contribution is 7.91. The number of benzene rings is 1. The molecule has 0 bridgehead atoms. The number of piperazine rings is 1. The van der Waals surface area contributed by atoms with Crippen LogP contribution >= 0.6 is 11.3 Å². The second-order valence-electron chi connectivity index (χ2n) is 8.04. The van der Waals surface area contributed by atoms with Crippen LogP contribution in [-0.2, 0) is 21.4 Å². The van der Waals surface area contributed by atoms with Crippen molar-refractivity contribution in [2.75, 3.05) is 39.3 Å². The van der Waals surface area contributed by atoms with Gasteiger partial charge in [-0.2, -0.15) is 9.57 Å². The number of sulfonamides is 1. The van der Waals surface area contributed by atoms with E-state index in [1.165, 1.54) is 15.6 Å². The van der Waals surface area contributed by atoms with Gasteiger partial charge in [0.2, 0.25) is 5.91 Å². The first-order valence-electron chi connectivity index (χ1n) is 10.5. The third-order valence-electron chi connectivity index (χ3n) is 6.00. The number of rotatable bonds is 5. The van der Waals surface area contributed by atoms with Crippen molar-refractivity contribution in [2.24, 2.45) is 5.92 Å². The fraction of sp³-hybridized carbons (Fsp3) is 0.455. The molecule has 0 aliphatic carbocycles. The average Bonchev–Trinajstić information content (AvgIpc) is 3.36. The number of carbonyl (C=O) groups excluding carboxylic acids is 1. The fourth-order valence-electron chi connectivity index (χ4n) is 4.23. The van der Waals surface area contributed by atoms with E-state index in [1.54, 1.807) is 17.5 Å². The van der Waals surface area contributed by atoms with Crippen LogP contribution < -0.4 is 0 Å². The van der Waals surface area contributed by atoms with Gasteiger partial charge in [-0.25, -0.2) is 8.42 Å². The molecular weight excluding hydrogens is 432 g/mol. The lowest BCUT2D eigenvalue weighted by Crippen LogP contribution is -2.52. The van der Waals surface area contributed by atoms with Gasteiger partial charge in [0, 0.05) is 45.8 Å². The van der Waals surface area contributed by atoms with Gasteiger partial charge in [-0.3, -0.25) is 9.69 Å². The van der Waals surface area contributed by atoms with Crippen LogP contribution in [0, 0.1) is 17.2 Å². The first-order chi connectivity index (χ1) is 15.0. The molecule has 1 aromatic heterocycles. The molecule has 0 saturated carbocycles. The number of amides is 1. The Hall–Kier alpha value is -2.25. The lowest BCUT2D eigenvalue weighted by molar-refractivity contribution is -0.138. The van der Waals surface area contributed by atoms with Crippen molar-refractivity contribution in [1.29, 1.82) is 5.26 Å². The van der Waals surface area contributed by atoms with Crippen molar-refractivity contribution < 1.29 is 13.2 Å². The molecule has 3 heterocycles. The highest BCUT2D eigenvalue weighted by Gasteiger charge is 2.36. The van der Waals surface area contributed by atoms with Gasteiger partial charge >= 0.3 is 0 Å². The van der Waals surface area contributed by atoms with Gasteiger partial charge in [0.25, 0.3) is 10.0 Å². The van der Waals surface area contributed by atoms with E-state index in [-0.39, 0.29) is 18.4 Å². The molecular formula is C22H26N4O3S2. The zero-order valence-electron chi connectivity index (χ0n) is 17.3. The molecule has 1 atom stereocenters. The second-order valence-corrected chi connectivity index (χ2v) is 11.2. The van der Waals surface area contributed by atoms with E-state index in [4.69, 9.17) is 5.26 Å². The minimum absolute atomic E-state index is 0.0732. The molecule has 9 heteroatoms. The van der Waals surface area contributed by atoms with E-state index < -0.39 is 10.0 Å². The largest absolute Gasteiger partial charge is 0.340 e. The van der Waals surface area contributed by atoms with Crippen LogP contribution in [0.1, 0.15) is 24.0 Å². The number of hydrogen-bond acceptors (Lipinski definition) is 6. The molecule has 7 nitrogen and oxygen atoms in total. The zero-order valence-corrected chi connectivity index (χ0v) is 18.9. The Morgan fingerprint density at radius 3 is 2.48 bits per heavy atom. The maximum Gasteiger partial charge on any atom is 0.252 e. The topological polar surface area (TPSA) is 84.7 Å². The summed E-state index contributed by atoms with van der Waals surface area (Å²) < 4.78 is 27.5. The van der Waals surface area contributed by atoms with Crippen LogP contribution in [0.4, 0.5) is 0 Å². The molecule has 0 radical (unpaired) electrons. The number of carbonyl (C=O) groups is 1. The van der Waals surface area contributed by atoms with Crippen molar-refractivity contribution >= 4 is 27.3 Å².